The molecule has 0 bridgehead atoms. The number of ether oxygens (including phenoxy) is 1. The Kier molecular flexibility index (Phi) is 4.25. The molecule has 0 saturated heterocycles. The Morgan fingerprint density at radius 2 is 1.78 bits per heavy atom. The molecule has 23 heavy (non-hydrogen) atoms. The smallest absolute Gasteiger partial charge is 0.275 e. The number of halogens is 2. The summed E-state index contributed by atoms with van der Waals surface area (Å²) >= 11 is 0. The van der Waals surface area contributed by atoms with Crippen LogP contribution in [0, 0.1) is 11.6 Å². The number of hydrogen-bond acceptors (Lipinski definition) is 2. The lowest BCUT2D eigenvalue weighted by Gasteiger charge is -2.09. The summed E-state index contributed by atoms with van der Waals surface area (Å²) in [4.78, 5) is 12.7. The Morgan fingerprint density at radius 3 is 2.48 bits per heavy atom. The average molecular weight is 318 g/mol. The third kappa shape index (κ3) is 3.03. The minimum Gasteiger partial charge on any atom is -0.383 e. The van der Waals surface area contributed by atoms with Crippen LogP contribution in [0.5, 0.6) is 0 Å². The molecule has 3 rings (SSSR count). The topological polar surface area (TPSA) is 36.2 Å². The van der Waals surface area contributed by atoms with Gasteiger partial charge >= 0.3 is 0 Å². The summed E-state index contributed by atoms with van der Waals surface area (Å²) in [6.45, 7) is 1.26. The highest BCUT2D eigenvalue weighted by molar-refractivity contribution is 5.78. The molecule has 1 aromatic carbocycles. The molecule has 0 spiro atoms. The van der Waals surface area contributed by atoms with Crippen molar-refractivity contribution in [1.82, 2.24) is 9.13 Å². The number of hydrogen-bond donors (Lipinski definition) is 0. The molecule has 120 valence electrons. The lowest BCUT2D eigenvalue weighted by atomic mass is 10.2. The molecule has 0 fully saturated rings. The van der Waals surface area contributed by atoms with Crippen LogP contribution in [0.4, 0.5) is 8.78 Å². The van der Waals surface area contributed by atoms with Crippen LogP contribution in [0.25, 0.3) is 10.9 Å². The van der Waals surface area contributed by atoms with Crippen LogP contribution >= 0.6 is 0 Å². The monoisotopic (exact) mass is 318 g/mol. The number of methoxy groups -OCH3 is 1. The standard InChI is InChI=1S/C17H16F2N2O2/c1-23-9-8-20-6-4-13-5-7-21(17(22)16(13)20)11-12-2-3-14(18)15(19)10-12/h2-7,10H,8-9,11H2,1H3. The van der Waals surface area contributed by atoms with Crippen LogP contribution in [0.1, 0.15) is 5.56 Å². The van der Waals surface area contributed by atoms with Gasteiger partial charge in [0.25, 0.3) is 5.56 Å². The fourth-order valence-corrected chi connectivity index (χ4v) is 2.58. The second-order valence-electron chi connectivity index (χ2n) is 5.30. The number of nitrogens with zero attached hydrogens (tertiary/aromatic N) is 2. The lowest BCUT2D eigenvalue weighted by molar-refractivity contribution is 0.188. The molecule has 0 radical (unpaired) electrons. The quantitative estimate of drug-likeness (QED) is 0.725. The number of rotatable bonds is 5. The van der Waals surface area contributed by atoms with Gasteiger partial charge in [-0.25, -0.2) is 8.78 Å². The van der Waals surface area contributed by atoms with Gasteiger partial charge in [-0.05, 0) is 29.8 Å². The normalized spacial score (nSPS) is 11.3. The first-order chi connectivity index (χ1) is 11.1. The second-order valence-corrected chi connectivity index (χ2v) is 5.30. The van der Waals surface area contributed by atoms with Crippen molar-refractivity contribution >= 4 is 10.9 Å². The molecule has 0 unspecified atom stereocenters. The second kappa shape index (κ2) is 6.34. The third-order valence-corrected chi connectivity index (χ3v) is 3.77. The van der Waals surface area contributed by atoms with Gasteiger partial charge in [0.1, 0.15) is 5.52 Å². The van der Waals surface area contributed by atoms with Crippen LogP contribution in [0.2, 0.25) is 0 Å². The van der Waals surface area contributed by atoms with Gasteiger partial charge in [-0.3, -0.25) is 4.79 Å². The van der Waals surface area contributed by atoms with Crippen LogP contribution in [-0.2, 0) is 17.8 Å². The van der Waals surface area contributed by atoms with E-state index in [1.165, 1.54) is 10.6 Å². The molecule has 6 heteroatoms. The predicted octanol–water partition coefficient (Wildman–Crippen LogP) is 2.78. The van der Waals surface area contributed by atoms with Gasteiger partial charge in [-0.1, -0.05) is 6.07 Å². The zero-order valence-corrected chi connectivity index (χ0v) is 12.6. The molecule has 0 amide bonds. The number of benzene rings is 1. The summed E-state index contributed by atoms with van der Waals surface area (Å²) in [5.74, 6) is -1.81. The maximum atomic E-state index is 13.3. The lowest BCUT2D eigenvalue weighted by Crippen LogP contribution is -2.22. The molecule has 0 aliphatic rings. The average Bonchev–Trinajstić information content (AvgIpc) is 2.95. The van der Waals surface area contributed by atoms with E-state index in [9.17, 15) is 13.6 Å². The first kappa shape index (κ1) is 15.4. The number of pyridine rings is 1. The van der Waals surface area contributed by atoms with E-state index in [-0.39, 0.29) is 12.1 Å². The maximum absolute atomic E-state index is 13.3. The van der Waals surface area contributed by atoms with Crippen molar-refractivity contribution in [3.05, 3.63) is 70.3 Å². The summed E-state index contributed by atoms with van der Waals surface area (Å²) in [5.41, 5.74) is 0.931. The first-order valence-corrected chi connectivity index (χ1v) is 7.21. The Balaban J connectivity index is 1.99. The summed E-state index contributed by atoms with van der Waals surface area (Å²) < 4.78 is 34.7. The zero-order valence-electron chi connectivity index (χ0n) is 12.6. The van der Waals surface area contributed by atoms with E-state index in [4.69, 9.17) is 4.74 Å². The minimum atomic E-state index is -0.917. The Hall–Kier alpha value is -2.47. The van der Waals surface area contributed by atoms with Gasteiger partial charge in [-0.2, -0.15) is 0 Å². The molecule has 0 aliphatic carbocycles. The third-order valence-electron chi connectivity index (χ3n) is 3.77. The van der Waals surface area contributed by atoms with Gasteiger partial charge in [0.05, 0.1) is 13.2 Å². The highest BCUT2D eigenvalue weighted by Gasteiger charge is 2.09. The van der Waals surface area contributed by atoms with Gasteiger partial charge in [0.15, 0.2) is 11.6 Å². The van der Waals surface area contributed by atoms with E-state index in [0.29, 0.717) is 24.2 Å². The largest absolute Gasteiger partial charge is 0.383 e. The summed E-state index contributed by atoms with van der Waals surface area (Å²) in [6.07, 6.45) is 3.50. The number of aromatic nitrogens is 2. The Morgan fingerprint density at radius 1 is 1.04 bits per heavy atom. The van der Waals surface area contributed by atoms with E-state index in [0.717, 1.165) is 17.5 Å². The first-order valence-electron chi connectivity index (χ1n) is 7.21. The Labute approximate surface area is 131 Å². The summed E-state index contributed by atoms with van der Waals surface area (Å²) in [7, 11) is 1.60. The molecule has 3 aromatic rings. The summed E-state index contributed by atoms with van der Waals surface area (Å²) in [6, 6.07) is 7.35. The van der Waals surface area contributed by atoms with Crippen molar-refractivity contribution in [3.63, 3.8) is 0 Å². The van der Waals surface area contributed by atoms with Crippen LogP contribution < -0.4 is 5.56 Å². The van der Waals surface area contributed by atoms with Crippen LogP contribution in [-0.4, -0.2) is 22.9 Å². The highest BCUT2D eigenvalue weighted by atomic mass is 19.2. The van der Waals surface area contributed by atoms with E-state index in [1.54, 1.807) is 13.3 Å². The summed E-state index contributed by atoms with van der Waals surface area (Å²) in [5, 5.41) is 0.840. The van der Waals surface area contributed by atoms with Gasteiger partial charge < -0.3 is 13.9 Å². The molecule has 0 atom stereocenters. The fraction of sp³-hybridized carbons (Fsp3) is 0.235. The highest BCUT2D eigenvalue weighted by Crippen LogP contribution is 2.13. The van der Waals surface area contributed by atoms with Crippen LogP contribution in [0.3, 0.4) is 0 Å². The SMILES string of the molecule is COCCn1ccc2ccn(Cc3ccc(F)c(F)c3)c(=O)c21. The van der Waals surface area contributed by atoms with Crippen molar-refractivity contribution in [3.8, 4) is 0 Å². The zero-order chi connectivity index (χ0) is 16.4. The molecule has 2 aromatic heterocycles. The molecule has 2 heterocycles. The molecular formula is C17H16F2N2O2. The van der Waals surface area contributed by atoms with Crippen molar-refractivity contribution in [2.45, 2.75) is 13.1 Å². The van der Waals surface area contributed by atoms with Gasteiger partial charge in [-0.15, -0.1) is 0 Å². The van der Waals surface area contributed by atoms with Crippen molar-refractivity contribution in [2.24, 2.45) is 0 Å². The Bertz CT molecular complexity index is 899. The molecule has 0 aliphatic heterocycles. The van der Waals surface area contributed by atoms with E-state index in [2.05, 4.69) is 0 Å². The van der Waals surface area contributed by atoms with Crippen molar-refractivity contribution < 1.29 is 13.5 Å². The molecule has 0 N–H and O–H groups in total. The molecule has 0 saturated carbocycles. The van der Waals surface area contributed by atoms with E-state index >= 15 is 0 Å². The van der Waals surface area contributed by atoms with E-state index in [1.807, 2.05) is 22.9 Å². The van der Waals surface area contributed by atoms with Crippen LogP contribution in [0.15, 0.2) is 47.5 Å². The fourth-order valence-electron chi connectivity index (χ4n) is 2.58. The maximum Gasteiger partial charge on any atom is 0.275 e. The van der Waals surface area contributed by atoms with Gasteiger partial charge in [0, 0.05) is 31.4 Å². The van der Waals surface area contributed by atoms with Crippen molar-refractivity contribution in [1.29, 1.82) is 0 Å². The predicted molar refractivity (Wildman–Crippen MR) is 83.5 cm³/mol. The molecular weight excluding hydrogens is 302 g/mol. The minimum absolute atomic E-state index is 0.173. The van der Waals surface area contributed by atoms with Gasteiger partial charge in [0.2, 0.25) is 0 Å². The van der Waals surface area contributed by atoms with Crippen molar-refractivity contribution in [2.75, 3.05) is 13.7 Å². The van der Waals surface area contributed by atoms with E-state index < -0.39 is 11.6 Å². The number of fused-ring (bicyclic) bond motifs is 1. The molecule has 4 nitrogen and oxygen atoms in total.